The molecule has 3 heterocycles. The van der Waals surface area contributed by atoms with Gasteiger partial charge in [0, 0.05) is 29.2 Å². The first-order chi connectivity index (χ1) is 15.5. The molecule has 0 bridgehead atoms. The fraction of sp³-hybridized carbons (Fsp3) is 0.0455. The molecule has 0 atom stereocenters. The highest BCUT2D eigenvalue weighted by Crippen LogP contribution is 2.36. The van der Waals surface area contributed by atoms with Gasteiger partial charge in [-0.3, -0.25) is 0 Å². The van der Waals surface area contributed by atoms with Gasteiger partial charge in [0.25, 0.3) is 0 Å². The van der Waals surface area contributed by atoms with Crippen LogP contribution in [0.15, 0.2) is 79.1 Å². The first-order valence-electron chi connectivity index (χ1n) is 9.62. The van der Waals surface area contributed by atoms with E-state index in [0.29, 0.717) is 16.8 Å². The Balaban J connectivity index is 1.53. The summed E-state index contributed by atoms with van der Waals surface area (Å²) in [6.07, 6.45) is 2.84. The van der Waals surface area contributed by atoms with Gasteiger partial charge in [-0.1, -0.05) is 41.9 Å². The van der Waals surface area contributed by atoms with Crippen LogP contribution in [0.3, 0.4) is 0 Å². The van der Waals surface area contributed by atoms with Gasteiger partial charge in [-0.2, -0.15) is 13.3 Å². The number of para-hydroxylation sites is 1. The number of rotatable bonds is 5. The second-order valence-corrected chi connectivity index (χ2v) is 7.00. The maximum Gasteiger partial charge on any atom is 0.333 e. The van der Waals surface area contributed by atoms with E-state index in [9.17, 15) is 0 Å². The van der Waals surface area contributed by atoms with Gasteiger partial charge in [-0.15, -0.1) is 15.3 Å². The molecule has 2 radical (unpaired) electrons. The van der Waals surface area contributed by atoms with Gasteiger partial charge in [-0.05, 0) is 30.3 Å². The molecule has 7 nitrogen and oxygen atoms in total. The molecule has 0 aliphatic heterocycles. The lowest BCUT2D eigenvalue weighted by Crippen LogP contribution is -2.20. The zero-order valence-electron chi connectivity index (χ0n) is 16.5. The van der Waals surface area contributed by atoms with Crippen LogP contribution in [0, 0.1) is 0 Å². The zero-order valence-corrected chi connectivity index (χ0v) is 16.5. The van der Waals surface area contributed by atoms with Gasteiger partial charge in [0.15, 0.2) is 17.3 Å². The quantitative estimate of drug-likeness (QED) is 0.436. The highest BCUT2D eigenvalue weighted by atomic mass is 19.3. The number of benzene rings is 2. The summed E-state index contributed by atoms with van der Waals surface area (Å²) in [5.74, 6) is -3.40. The molecule has 0 amide bonds. The Morgan fingerprint density at radius 2 is 1.66 bits per heavy atom. The van der Waals surface area contributed by atoms with Gasteiger partial charge in [0.05, 0.1) is 0 Å². The van der Waals surface area contributed by atoms with E-state index >= 15 is 8.78 Å². The Labute approximate surface area is 182 Å². The predicted molar refractivity (Wildman–Crippen MR) is 116 cm³/mol. The van der Waals surface area contributed by atoms with E-state index < -0.39 is 11.7 Å². The van der Waals surface area contributed by atoms with Crippen LogP contribution in [-0.4, -0.2) is 37.6 Å². The Bertz CT molecular complexity index is 1390. The lowest BCUT2D eigenvalue weighted by atomic mass is 10.0. The minimum absolute atomic E-state index is 0.205. The second kappa shape index (κ2) is 7.80. The molecule has 0 fully saturated rings. The van der Waals surface area contributed by atoms with Crippen molar-refractivity contribution in [3.63, 3.8) is 0 Å². The van der Waals surface area contributed by atoms with E-state index in [1.807, 2.05) is 30.3 Å². The average Bonchev–Trinajstić information content (AvgIpc) is 3.24. The van der Waals surface area contributed by atoms with Crippen LogP contribution in [0.25, 0.3) is 17.0 Å². The third-order valence-electron chi connectivity index (χ3n) is 4.74. The summed E-state index contributed by atoms with van der Waals surface area (Å²) in [5.41, 5.74) is 1.51. The van der Waals surface area contributed by atoms with Crippen LogP contribution in [0.1, 0.15) is 11.4 Å². The summed E-state index contributed by atoms with van der Waals surface area (Å²) in [7, 11) is 5.61. The zero-order chi connectivity index (χ0) is 22.1. The van der Waals surface area contributed by atoms with Crippen LogP contribution in [0.4, 0.5) is 20.3 Å². The second-order valence-electron chi connectivity index (χ2n) is 7.00. The highest BCUT2D eigenvalue weighted by molar-refractivity contribution is 6.31. The van der Waals surface area contributed by atoms with Crippen LogP contribution < -0.4 is 10.8 Å². The molecule has 0 unspecified atom stereocenters. The summed E-state index contributed by atoms with van der Waals surface area (Å²) in [6, 6.07) is 18.3. The number of nitrogens with one attached hydrogen (secondary N) is 1. The number of aromatic nitrogens is 6. The number of halogens is 2. The largest absolute Gasteiger partial charge is 0.339 e. The number of hydrogen-bond donors (Lipinski definition) is 1. The molecule has 2 aromatic carbocycles. The van der Waals surface area contributed by atoms with Gasteiger partial charge in [0.1, 0.15) is 7.85 Å². The van der Waals surface area contributed by atoms with Crippen LogP contribution in [0.5, 0.6) is 0 Å². The van der Waals surface area contributed by atoms with Gasteiger partial charge < -0.3 is 5.32 Å². The third kappa shape index (κ3) is 3.66. The van der Waals surface area contributed by atoms with Crippen LogP contribution in [0.2, 0.25) is 0 Å². The van der Waals surface area contributed by atoms with E-state index in [4.69, 9.17) is 7.85 Å². The number of alkyl halides is 2. The molecule has 0 saturated carbocycles. The minimum Gasteiger partial charge on any atom is -0.339 e. The van der Waals surface area contributed by atoms with E-state index in [0.717, 1.165) is 10.2 Å². The molecule has 3 aromatic heterocycles. The Morgan fingerprint density at radius 1 is 0.875 bits per heavy atom. The standard InChI is InChI=1S/C22H14BF2N7/c23-16-12-26-20(27-13-16)14-5-4-6-15(11-14)22(24,25)21-30-29-19-10-9-18(31-32(19)21)28-17-7-2-1-3-8-17/h1-13H,(H,28,31). The highest BCUT2D eigenvalue weighted by Gasteiger charge is 2.40. The maximum absolute atomic E-state index is 15.5. The summed E-state index contributed by atoms with van der Waals surface area (Å²) in [6.45, 7) is 0. The van der Waals surface area contributed by atoms with Crippen molar-refractivity contribution in [3.05, 3.63) is 90.5 Å². The Hall–Kier alpha value is -4.21. The van der Waals surface area contributed by atoms with Crippen molar-refractivity contribution in [3.8, 4) is 11.4 Å². The van der Waals surface area contributed by atoms with Gasteiger partial charge in [-0.25, -0.2) is 9.97 Å². The lowest BCUT2D eigenvalue weighted by Gasteiger charge is -2.15. The Morgan fingerprint density at radius 3 is 2.44 bits per heavy atom. The van der Waals surface area contributed by atoms with Crippen molar-refractivity contribution < 1.29 is 8.78 Å². The first-order valence-corrected chi connectivity index (χ1v) is 9.62. The van der Waals surface area contributed by atoms with Crippen molar-refractivity contribution in [1.82, 2.24) is 29.8 Å². The molecule has 0 aliphatic rings. The average molecular weight is 425 g/mol. The monoisotopic (exact) mass is 425 g/mol. The van der Waals surface area contributed by atoms with Crippen LogP contribution >= 0.6 is 0 Å². The number of nitrogens with zero attached hydrogens (tertiary/aromatic N) is 6. The van der Waals surface area contributed by atoms with Crippen molar-refractivity contribution in [2.24, 2.45) is 0 Å². The molecule has 0 saturated heterocycles. The fourth-order valence-electron chi connectivity index (χ4n) is 3.19. The van der Waals surface area contributed by atoms with Crippen molar-refractivity contribution in [2.45, 2.75) is 5.92 Å². The molecule has 5 rings (SSSR count). The molecule has 10 heteroatoms. The molecule has 32 heavy (non-hydrogen) atoms. The number of hydrogen-bond acceptors (Lipinski definition) is 6. The van der Waals surface area contributed by atoms with Crippen molar-refractivity contribution in [2.75, 3.05) is 5.32 Å². The predicted octanol–water partition coefficient (Wildman–Crippen LogP) is 3.26. The van der Waals surface area contributed by atoms with Crippen LogP contribution in [-0.2, 0) is 5.92 Å². The van der Waals surface area contributed by atoms with E-state index in [-0.39, 0.29) is 17.0 Å². The van der Waals surface area contributed by atoms with Crippen molar-refractivity contribution >= 4 is 30.5 Å². The topological polar surface area (TPSA) is 80.9 Å². The third-order valence-corrected chi connectivity index (χ3v) is 4.74. The maximum atomic E-state index is 15.5. The molecule has 1 N–H and O–H groups in total. The fourth-order valence-corrected chi connectivity index (χ4v) is 3.19. The smallest absolute Gasteiger partial charge is 0.333 e. The van der Waals surface area contributed by atoms with E-state index in [1.54, 1.807) is 18.2 Å². The van der Waals surface area contributed by atoms with E-state index in [1.165, 1.54) is 30.6 Å². The molecule has 5 aromatic rings. The summed E-state index contributed by atoms with van der Waals surface area (Å²) >= 11 is 0. The SMILES string of the molecule is [B]c1cnc(-c2cccc(C(F)(F)c3nnc4ccc(Nc5ccccc5)nn34)c2)nc1. The molecule has 154 valence electrons. The minimum atomic E-state index is -3.47. The first kappa shape index (κ1) is 19.7. The van der Waals surface area contributed by atoms with E-state index in [2.05, 4.69) is 30.6 Å². The van der Waals surface area contributed by atoms with Gasteiger partial charge >= 0.3 is 5.92 Å². The summed E-state index contributed by atoms with van der Waals surface area (Å²) < 4.78 is 32.1. The van der Waals surface area contributed by atoms with Gasteiger partial charge in [0.2, 0.25) is 5.82 Å². The summed E-state index contributed by atoms with van der Waals surface area (Å²) in [4.78, 5) is 8.20. The normalized spacial score (nSPS) is 11.6. The molecular formula is C22H14BF2N7. The molecular weight excluding hydrogens is 411 g/mol. The number of anilines is 2. The number of fused-ring (bicyclic) bond motifs is 1. The lowest BCUT2D eigenvalue weighted by molar-refractivity contribution is 0.0307. The Kier molecular flexibility index (Phi) is 4.81. The summed E-state index contributed by atoms with van der Waals surface area (Å²) in [5, 5.41) is 14.9. The molecule has 0 spiro atoms. The molecule has 0 aliphatic carbocycles. The van der Waals surface area contributed by atoms with Crippen molar-refractivity contribution in [1.29, 1.82) is 0 Å².